The third-order valence-corrected chi connectivity index (χ3v) is 5.51. The number of benzene rings is 2. The monoisotopic (exact) mass is 449 g/mol. The smallest absolute Gasteiger partial charge is 0.227 e. The molecule has 0 unspecified atom stereocenters. The molecule has 7 heteroatoms. The van der Waals surface area contributed by atoms with Gasteiger partial charge in [-0.05, 0) is 44.0 Å². The molecular weight excluding hydrogens is 421 g/mol. The van der Waals surface area contributed by atoms with Crippen LogP contribution in [-0.2, 0) is 11.3 Å². The number of terminal acetylenes is 1. The summed E-state index contributed by atoms with van der Waals surface area (Å²) in [7, 11) is 0. The number of aryl methyl sites for hydroxylation is 1. The standard InChI is InChI=1S/C26H28FN3O3/c1-3-14-32-18-23(31)16-29(21-12-13-21)17-25-19(2)28-30(22-9-5-4-6-10-22)26(25)33-24-11-7-8-20(27)15-24/h1,4-11,15,21,23,31H,12-14,16-18H2,2H3/t23-/m1/s1. The molecule has 172 valence electrons. The van der Waals surface area contributed by atoms with E-state index >= 15 is 0 Å². The van der Waals surface area contributed by atoms with E-state index in [1.165, 1.54) is 12.1 Å². The molecule has 0 aliphatic heterocycles. The third-order valence-electron chi connectivity index (χ3n) is 5.51. The predicted octanol–water partition coefficient (Wildman–Crippen LogP) is 4.09. The van der Waals surface area contributed by atoms with Crippen molar-refractivity contribution in [3.05, 3.63) is 71.7 Å². The van der Waals surface area contributed by atoms with Crippen molar-refractivity contribution in [2.75, 3.05) is 19.8 Å². The van der Waals surface area contributed by atoms with E-state index in [4.69, 9.17) is 21.0 Å². The van der Waals surface area contributed by atoms with Crippen molar-refractivity contribution in [3.8, 4) is 29.7 Å². The van der Waals surface area contributed by atoms with E-state index in [-0.39, 0.29) is 19.0 Å². The first-order valence-corrected chi connectivity index (χ1v) is 11.1. The van der Waals surface area contributed by atoms with Gasteiger partial charge < -0.3 is 14.6 Å². The van der Waals surface area contributed by atoms with Crippen LogP contribution < -0.4 is 4.74 Å². The van der Waals surface area contributed by atoms with Crippen molar-refractivity contribution in [1.29, 1.82) is 0 Å². The summed E-state index contributed by atoms with van der Waals surface area (Å²) in [5.74, 6) is 2.97. The van der Waals surface area contributed by atoms with Gasteiger partial charge in [-0.15, -0.1) is 6.42 Å². The average Bonchev–Trinajstić information content (AvgIpc) is 3.61. The van der Waals surface area contributed by atoms with Crippen LogP contribution in [0.1, 0.15) is 24.1 Å². The van der Waals surface area contributed by atoms with Crippen molar-refractivity contribution in [1.82, 2.24) is 14.7 Å². The van der Waals surface area contributed by atoms with Gasteiger partial charge in [-0.2, -0.15) is 5.10 Å². The molecule has 1 aliphatic rings. The molecule has 33 heavy (non-hydrogen) atoms. The Bertz CT molecular complexity index is 1110. The van der Waals surface area contributed by atoms with Gasteiger partial charge in [-0.1, -0.05) is 30.2 Å². The highest BCUT2D eigenvalue weighted by molar-refractivity contribution is 5.43. The number of hydrogen-bond acceptors (Lipinski definition) is 5. The molecule has 1 aromatic heterocycles. The molecule has 1 aliphatic carbocycles. The highest BCUT2D eigenvalue weighted by Crippen LogP contribution is 2.35. The van der Waals surface area contributed by atoms with Crippen LogP contribution in [0.25, 0.3) is 5.69 Å². The minimum Gasteiger partial charge on any atom is -0.438 e. The lowest BCUT2D eigenvalue weighted by atomic mass is 10.2. The van der Waals surface area contributed by atoms with Crippen LogP contribution in [0.2, 0.25) is 0 Å². The molecule has 2 aromatic carbocycles. The zero-order chi connectivity index (χ0) is 23.2. The number of aliphatic hydroxyl groups is 1. The number of halogens is 1. The number of aliphatic hydroxyl groups excluding tert-OH is 1. The maximum Gasteiger partial charge on any atom is 0.227 e. The molecule has 0 bridgehead atoms. The van der Waals surface area contributed by atoms with Gasteiger partial charge in [0.2, 0.25) is 5.88 Å². The van der Waals surface area contributed by atoms with Crippen molar-refractivity contribution in [3.63, 3.8) is 0 Å². The second kappa shape index (κ2) is 10.6. The average molecular weight is 450 g/mol. The zero-order valence-electron chi connectivity index (χ0n) is 18.7. The van der Waals surface area contributed by atoms with Gasteiger partial charge in [0.25, 0.3) is 0 Å². The fourth-order valence-corrected chi connectivity index (χ4v) is 3.77. The Labute approximate surface area is 193 Å². The molecule has 0 radical (unpaired) electrons. The predicted molar refractivity (Wildman–Crippen MR) is 124 cm³/mol. The molecule has 4 rings (SSSR count). The van der Waals surface area contributed by atoms with Crippen molar-refractivity contribution >= 4 is 0 Å². The number of hydrogen-bond donors (Lipinski definition) is 1. The number of nitrogens with zero attached hydrogens (tertiary/aromatic N) is 3. The second-order valence-electron chi connectivity index (χ2n) is 8.21. The number of para-hydroxylation sites is 1. The van der Waals surface area contributed by atoms with Crippen LogP contribution >= 0.6 is 0 Å². The largest absolute Gasteiger partial charge is 0.438 e. The van der Waals surface area contributed by atoms with Crippen molar-refractivity contribution in [2.24, 2.45) is 0 Å². The third kappa shape index (κ3) is 5.99. The minimum absolute atomic E-state index is 0.176. The Morgan fingerprint density at radius 1 is 1.24 bits per heavy atom. The van der Waals surface area contributed by atoms with Crippen LogP contribution in [-0.4, -0.2) is 51.7 Å². The summed E-state index contributed by atoms with van der Waals surface area (Å²) in [6, 6.07) is 16.1. The van der Waals surface area contributed by atoms with Crippen molar-refractivity contribution in [2.45, 2.75) is 38.5 Å². The fraction of sp³-hybridized carbons (Fsp3) is 0.346. The molecule has 1 fully saturated rings. The van der Waals surface area contributed by atoms with E-state index in [0.717, 1.165) is 29.8 Å². The normalized spacial score (nSPS) is 14.3. The Morgan fingerprint density at radius 2 is 2.03 bits per heavy atom. The summed E-state index contributed by atoms with van der Waals surface area (Å²) in [5.41, 5.74) is 2.56. The highest BCUT2D eigenvalue weighted by atomic mass is 19.1. The summed E-state index contributed by atoms with van der Waals surface area (Å²) in [6.07, 6.45) is 6.71. The van der Waals surface area contributed by atoms with Crippen LogP contribution in [0.3, 0.4) is 0 Å². The Hall–Kier alpha value is -3.18. The Kier molecular flexibility index (Phi) is 7.40. The fourth-order valence-electron chi connectivity index (χ4n) is 3.77. The van der Waals surface area contributed by atoms with Gasteiger partial charge in [0.1, 0.15) is 18.2 Å². The molecule has 1 atom stereocenters. The van der Waals surface area contributed by atoms with Crippen LogP contribution in [0.4, 0.5) is 4.39 Å². The number of aromatic nitrogens is 2. The van der Waals surface area contributed by atoms with Crippen molar-refractivity contribution < 1.29 is 19.0 Å². The molecule has 1 heterocycles. The molecule has 1 saturated carbocycles. The minimum atomic E-state index is -0.656. The number of rotatable bonds is 11. The van der Waals surface area contributed by atoms with Gasteiger partial charge in [-0.25, -0.2) is 9.07 Å². The van der Waals surface area contributed by atoms with E-state index in [1.54, 1.807) is 16.8 Å². The summed E-state index contributed by atoms with van der Waals surface area (Å²) in [6.45, 7) is 3.28. The summed E-state index contributed by atoms with van der Waals surface area (Å²) >= 11 is 0. The SMILES string of the molecule is C#CCOC[C@H](O)CN(Cc1c(C)nn(-c2ccccc2)c1Oc1cccc(F)c1)C1CC1. The van der Waals surface area contributed by atoms with E-state index in [9.17, 15) is 9.50 Å². The van der Waals surface area contributed by atoms with Gasteiger partial charge >= 0.3 is 0 Å². The molecule has 1 N–H and O–H groups in total. The van der Waals surface area contributed by atoms with Gasteiger partial charge in [0.05, 0.1) is 29.7 Å². The topological polar surface area (TPSA) is 59.8 Å². The second-order valence-corrected chi connectivity index (χ2v) is 8.21. The number of ether oxygens (including phenoxy) is 2. The first kappa shape index (κ1) is 23.0. The molecule has 3 aromatic rings. The quantitative estimate of drug-likeness (QED) is 0.353. The van der Waals surface area contributed by atoms with Crippen LogP contribution in [0.15, 0.2) is 54.6 Å². The molecular formula is C26H28FN3O3. The highest BCUT2D eigenvalue weighted by Gasteiger charge is 2.32. The molecule has 6 nitrogen and oxygen atoms in total. The van der Waals surface area contributed by atoms with E-state index in [0.29, 0.717) is 30.8 Å². The van der Waals surface area contributed by atoms with E-state index in [2.05, 4.69) is 10.8 Å². The Morgan fingerprint density at radius 3 is 2.73 bits per heavy atom. The zero-order valence-corrected chi connectivity index (χ0v) is 18.7. The first-order valence-electron chi connectivity index (χ1n) is 11.1. The summed E-state index contributed by atoms with van der Waals surface area (Å²) in [5, 5.41) is 15.2. The lowest BCUT2D eigenvalue weighted by Crippen LogP contribution is -2.36. The van der Waals surface area contributed by atoms with Crippen LogP contribution in [0, 0.1) is 25.1 Å². The maximum absolute atomic E-state index is 13.8. The molecule has 0 spiro atoms. The van der Waals surface area contributed by atoms with Gasteiger partial charge in [-0.3, -0.25) is 4.90 Å². The molecule has 0 amide bonds. The lowest BCUT2D eigenvalue weighted by molar-refractivity contribution is 0.0240. The van der Waals surface area contributed by atoms with Gasteiger partial charge in [0, 0.05) is 25.2 Å². The summed E-state index contributed by atoms with van der Waals surface area (Å²) < 4.78 is 27.1. The lowest BCUT2D eigenvalue weighted by Gasteiger charge is -2.25. The first-order chi connectivity index (χ1) is 16.0. The van der Waals surface area contributed by atoms with Gasteiger partial charge in [0.15, 0.2) is 0 Å². The maximum atomic E-state index is 13.8. The summed E-state index contributed by atoms with van der Waals surface area (Å²) in [4.78, 5) is 2.22. The van der Waals surface area contributed by atoms with E-state index < -0.39 is 6.10 Å². The molecule has 0 saturated heterocycles. The van der Waals surface area contributed by atoms with Crippen LogP contribution in [0.5, 0.6) is 11.6 Å². The Balaban J connectivity index is 1.63. The van der Waals surface area contributed by atoms with E-state index in [1.807, 2.05) is 37.3 Å².